The SMILES string of the molecule is [O]C(CBr)C(Br)Br. The van der Waals surface area contributed by atoms with E-state index in [2.05, 4.69) is 47.8 Å². The summed E-state index contributed by atoms with van der Waals surface area (Å²) >= 11 is 9.19. The monoisotopic (exact) mass is 293 g/mol. The van der Waals surface area contributed by atoms with Gasteiger partial charge in [-0.05, 0) is 0 Å². The van der Waals surface area contributed by atoms with Gasteiger partial charge in [0.25, 0.3) is 0 Å². The molecular weight excluding hydrogens is 292 g/mol. The smallest absolute Gasteiger partial charge is 0.125 e. The molecule has 0 heterocycles. The van der Waals surface area contributed by atoms with Gasteiger partial charge >= 0.3 is 0 Å². The van der Waals surface area contributed by atoms with Gasteiger partial charge in [-0.2, -0.15) is 0 Å². The molecule has 0 rings (SSSR count). The molecule has 0 aromatic rings. The number of hydrogen-bond donors (Lipinski definition) is 0. The number of halogens is 3. The van der Waals surface area contributed by atoms with Gasteiger partial charge < -0.3 is 0 Å². The molecule has 0 aromatic carbocycles. The third kappa shape index (κ3) is 3.94. The zero-order valence-electron chi connectivity index (χ0n) is 3.40. The highest BCUT2D eigenvalue weighted by Crippen LogP contribution is 2.14. The Labute approximate surface area is 67.9 Å². The van der Waals surface area contributed by atoms with Gasteiger partial charge in [-0.25, -0.2) is 5.11 Å². The normalized spacial score (nSPS) is 15.0. The molecule has 0 saturated heterocycles. The Morgan fingerprint density at radius 2 is 1.86 bits per heavy atom. The average Bonchev–Trinajstić information content (AvgIpc) is 1.65. The van der Waals surface area contributed by atoms with Crippen LogP contribution in [0.4, 0.5) is 0 Å². The average molecular weight is 296 g/mol. The van der Waals surface area contributed by atoms with Crippen molar-refractivity contribution in [2.45, 2.75) is 9.84 Å². The summed E-state index contributed by atoms with van der Waals surface area (Å²) in [6.07, 6.45) is -0.597. The highest BCUT2D eigenvalue weighted by Gasteiger charge is 2.10. The van der Waals surface area contributed by atoms with Gasteiger partial charge in [-0.15, -0.1) is 0 Å². The first-order valence-electron chi connectivity index (χ1n) is 1.68. The third-order valence-electron chi connectivity index (χ3n) is 0.433. The van der Waals surface area contributed by atoms with E-state index in [-0.39, 0.29) is 3.74 Å². The van der Waals surface area contributed by atoms with Crippen LogP contribution in [0.2, 0.25) is 0 Å². The van der Waals surface area contributed by atoms with Crippen LogP contribution in [0.25, 0.3) is 0 Å². The standard InChI is InChI=1S/C3H4Br3O/c4-1-2(7)3(5)6/h2-3H,1H2. The number of rotatable bonds is 2. The molecule has 0 aromatic heterocycles. The fourth-order valence-corrected chi connectivity index (χ4v) is 1.82. The number of hydrogen-bond acceptors (Lipinski definition) is 0. The highest BCUT2D eigenvalue weighted by atomic mass is 79.9. The van der Waals surface area contributed by atoms with Crippen LogP contribution in [0, 0.1) is 0 Å². The van der Waals surface area contributed by atoms with Crippen LogP contribution in [-0.4, -0.2) is 15.2 Å². The van der Waals surface area contributed by atoms with Crippen molar-refractivity contribution in [3.8, 4) is 0 Å². The van der Waals surface area contributed by atoms with Crippen molar-refractivity contribution in [1.29, 1.82) is 0 Å². The third-order valence-corrected chi connectivity index (χ3v) is 2.25. The molecule has 0 bridgehead atoms. The Hall–Kier alpha value is 1.40. The quantitative estimate of drug-likeness (QED) is 0.697. The Morgan fingerprint density at radius 3 is 1.86 bits per heavy atom. The van der Waals surface area contributed by atoms with Gasteiger partial charge in [0.15, 0.2) is 0 Å². The van der Waals surface area contributed by atoms with E-state index in [1.54, 1.807) is 0 Å². The van der Waals surface area contributed by atoms with E-state index >= 15 is 0 Å². The molecule has 0 saturated carbocycles. The van der Waals surface area contributed by atoms with Crippen LogP contribution in [0.1, 0.15) is 0 Å². The molecular formula is C3H4Br3O. The van der Waals surface area contributed by atoms with E-state index < -0.39 is 6.10 Å². The Bertz CT molecular complexity index is 47.4. The predicted molar refractivity (Wildman–Crippen MR) is 39.9 cm³/mol. The van der Waals surface area contributed by atoms with Gasteiger partial charge in [0, 0.05) is 5.33 Å². The minimum absolute atomic E-state index is 0.112. The lowest BCUT2D eigenvalue weighted by Crippen LogP contribution is -2.13. The molecule has 0 amide bonds. The van der Waals surface area contributed by atoms with Crippen molar-refractivity contribution >= 4 is 47.8 Å². The van der Waals surface area contributed by atoms with Crippen LogP contribution in [0.5, 0.6) is 0 Å². The second-order valence-corrected chi connectivity index (χ2v) is 4.88. The Morgan fingerprint density at radius 1 is 1.43 bits per heavy atom. The summed E-state index contributed by atoms with van der Waals surface area (Å²) in [6, 6.07) is 0. The van der Waals surface area contributed by atoms with Gasteiger partial charge in [-0.3, -0.25) is 0 Å². The molecule has 0 N–H and O–H groups in total. The van der Waals surface area contributed by atoms with E-state index in [4.69, 9.17) is 0 Å². The van der Waals surface area contributed by atoms with Gasteiger partial charge in [0.05, 0.1) is 3.74 Å². The van der Waals surface area contributed by atoms with Crippen molar-refractivity contribution in [3.63, 3.8) is 0 Å². The molecule has 1 nitrogen and oxygen atoms in total. The van der Waals surface area contributed by atoms with Crippen molar-refractivity contribution in [1.82, 2.24) is 0 Å². The van der Waals surface area contributed by atoms with Crippen LogP contribution >= 0.6 is 47.8 Å². The zero-order valence-corrected chi connectivity index (χ0v) is 8.16. The van der Waals surface area contributed by atoms with E-state index in [9.17, 15) is 5.11 Å². The first-order valence-corrected chi connectivity index (χ1v) is 4.63. The highest BCUT2D eigenvalue weighted by molar-refractivity contribution is 9.24. The lowest BCUT2D eigenvalue weighted by molar-refractivity contribution is 0.127. The van der Waals surface area contributed by atoms with Crippen molar-refractivity contribution in [3.05, 3.63) is 0 Å². The van der Waals surface area contributed by atoms with E-state index in [1.807, 2.05) is 0 Å². The fraction of sp³-hybridized carbons (Fsp3) is 1.00. The summed E-state index contributed by atoms with van der Waals surface area (Å²) in [5.41, 5.74) is 0. The van der Waals surface area contributed by atoms with Crippen LogP contribution in [-0.2, 0) is 5.11 Å². The largest absolute Gasteiger partial charge is 0.230 e. The van der Waals surface area contributed by atoms with Gasteiger partial charge in [0.2, 0.25) is 0 Å². The van der Waals surface area contributed by atoms with Crippen molar-refractivity contribution in [2.24, 2.45) is 0 Å². The first kappa shape index (κ1) is 8.40. The minimum atomic E-state index is -0.597. The lowest BCUT2D eigenvalue weighted by atomic mass is 10.5. The van der Waals surface area contributed by atoms with Crippen molar-refractivity contribution in [2.75, 3.05) is 5.33 Å². The zero-order chi connectivity index (χ0) is 5.86. The molecule has 43 valence electrons. The predicted octanol–water partition coefficient (Wildman–Crippen LogP) is 2.30. The van der Waals surface area contributed by atoms with E-state index in [1.165, 1.54) is 0 Å². The summed E-state index contributed by atoms with van der Waals surface area (Å²) < 4.78 is -0.112. The second kappa shape index (κ2) is 4.30. The minimum Gasteiger partial charge on any atom is -0.230 e. The molecule has 1 unspecified atom stereocenters. The topological polar surface area (TPSA) is 19.9 Å². The molecule has 0 fully saturated rings. The van der Waals surface area contributed by atoms with E-state index in [0.717, 1.165) is 0 Å². The van der Waals surface area contributed by atoms with Crippen LogP contribution in [0.3, 0.4) is 0 Å². The summed E-state index contributed by atoms with van der Waals surface area (Å²) in [5.74, 6) is 0. The van der Waals surface area contributed by atoms with Gasteiger partial charge in [-0.1, -0.05) is 47.8 Å². The Balaban J connectivity index is 3.14. The summed E-state index contributed by atoms with van der Waals surface area (Å²) in [6.45, 7) is 0. The van der Waals surface area contributed by atoms with Crippen LogP contribution in [0.15, 0.2) is 0 Å². The molecule has 1 radical (unpaired) electrons. The summed E-state index contributed by atoms with van der Waals surface area (Å²) in [7, 11) is 0. The molecule has 0 aliphatic rings. The first-order chi connectivity index (χ1) is 3.18. The summed E-state index contributed by atoms with van der Waals surface area (Å²) in [4.78, 5) is 0. The molecule has 0 aliphatic carbocycles. The number of alkyl halides is 3. The maximum absolute atomic E-state index is 10.5. The van der Waals surface area contributed by atoms with Gasteiger partial charge in [0.1, 0.15) is 6.10 Å². The maximum Gasteiger partial charge on any atom is 0.125 e. The lowest BCUT2D eigenvalue weighted by Gasteiger charge is -2.01. The Kier molecular flexibility index (Phi) is 5.15. The molecule has 0 aliphatic heterocycles. The maximum atomic E-state index is 10.5. The molecule has 0 spiro atoms. The van der Waals surface area contributed by atoms with Crippen molar-refractivity contribution < 1.29 is 5.11 Å². The van der Waals surface area contributed by atoms with E-state index in [0.29, 0.717) is 5.33 Å². The fourth-order valence-electron chi connectivity index (χ4n) is 0.0673. The molecule has 4 heteroatoms. The second-order valence-electron chi connectivity index (χ2n) is 1.03. The van der Waals surface area contributed by atoms with Crippen LogP contribution < -0.4 is 0 Å². The molecule has 1 atom stereocenters. The summed E-state index contributed by atoms with van der Waals surface area (Å²) in [5, 5.41) is 10.9. The molecule has 7 heavy (non-hydrogen) atoms.